The van der Waals surface area contributed by atoms with Crippen LogP contribution in [0.5, 0.6) is 5.75 Å². The minimum absolute atomic E-state index is 0.148. The van der Waals surface area contributed by atoms with Crippen molar-refractivity contribution in [3.05, 3.63) is 53.9 Å². The van der Waals surface area contributed by atoms with E-state index in [0.717, 1.165) is 24.5 Å². The van der Waals surface area contributed by atoms with Gasteiger partial charge in [-0.05, 0) is 42.3 Å². The number of hydrogen-bond acceptors (Lipinski definition) is 4. The zero-order valence-corrected chi connectivity index (χ0v) is 12.0. The van der Waals surface area contributed by atoms with Crippen LogP contribution in [0.15, 0.2) is 42.7 Å². The van der Waals surface area contributed by atoms with Gasteiger partial charge in [0.2, 0.25) is 0 Å². The lowest BCUT2D eigenvalue weighted by molar-refractivity contribution is 0.0827. The summed E-state index contributed by atoms with van der Waals surface area (Å²) >= 11 is 0. The van der Waals surface area contributed by atoms with E-state index in [1.165, 1.54) is 11.1 Å². The molecule has 0 radical (unpaired) electrons. The third kappa shape index (κ3) is 2.07. The van der Waals surface area contributed by atoms with Crippen LogP contribution in [-0.4, -0.2) is 18.7 Å². The van der Waals surface area contributed by atoms with Gasteiger partial charge in [0.15, 0.2) is 0 Å². The summed E-state index contributed by atoms with van der Waals surface area (Å²) in [4.78, 5) is 4.12. The molecule has 0 amide bonds. The Balaban J connectivity index is 1.77. The number of ether oxygens (including phenoxy) is 2. The number of methoxy groups -OCH3 is 1. The molecule has 1 aromatic carbocycles. The van der Waals surface area contributed by atoms with Crippen LogP contribution in [0, 0.1) is 5.92 Å². The standard InChI is InChI=1S/C17H18N2O2/c1-20-12-2-3-15-14(10-12)17-13(6-9-21-17)16(19-15)11-4-7-18-8-5-11/h2-5,7-8,10,13,16-17,19H,6,9H2,1H3. The predicted octanol–water partition coefficient (Wildman–Crippen LogP) is 3.33. The zero-order chi connectivity index (χ0) is 14.2. The topological polar surface area (TPSA) is 43.4 Å². The van der Waals surface area contributed by atoms with Crippen molar-refractivity contribution in [2.24, 2.45) is 5.92 Å². The molecule has 2 aliphatic rings. The van der Waals surface area contributed by atoms with Gasteiger partial charge in [0.25, 0.3) is 0 Å². The normalized spacial score (nSPS) is 26.6. The van der Waals surface area contributed by atoms with Crippen LogP contribution >= 0.6 is 0 Å². The molecule has 0 spiro atoms. The quantitative estimate of drug-likeness (QED) is 0.917. The average molecular weight is 282 g/mol. The SMILES string of the molecule is COc1ccc2c(c1)C1OCCC1C(c1ccncc1)N2. The Morgan fingerprint density at radius 3 is 2.90 bits per heavy atom. The van der Waals surface area contributed by atoms with Crippen LogP contribution in [0.2, 0.25) is 0 Å². The molecular weight excluding hydrogens is 264 g/mol. The van der Waals surface area contributed by atoms with E-state index in [9.17, 15) is 0 Å². The van der Waals surface area contributed by atoms with Crippen LogP contribution in [-0.2, 0) is 4.74 Å². The molecule has 3 atom stereocenters. The smallest absolute Gasteiger partial charge is 0.119 e. The molecule has 3 heterocycles. The zero-order valence-electron chi connectivity index (χ0n) is 12.0. The molecule has 2 aliphatic heterocycles. The van der Waals surface area contributed by atoms with Crippen LogP contribution in [0.1, 0.15) is 29.7 Å². The van der Waals surface area contributed by atoms with Gasteiger partial charge in [0.05, 0.1) is 19.3 Å². The summed E-state index contributed by atoms with van der Waals surface area (Å²) in [6.45, 7) is 0.815. The summed E-state index contributed by atoms with van der Waals surface area (Å²) in [6, 6.07) is 10.6. The summed E-state index contributed by atoms with van der Waals surface area (Å²) in [5, 5.41) is 3.67. The second-order valence-corrected chi connectivity index (χ2v) is 5.60. The summed E-state index contributed by atoms with van der Waals surface area (Å²) in [5.74, 6) is 1.33. The maximum atomic E-state index is 6.02. The highest BCUT2D eigenvalue weighted by Gasteiger charge is 2.41. The van der Waals surface area contributed by atoms with Crippen molar-refractivity contribution in [1.82, 2.24) is 4.98 Å². The number of rotatable bonds is 2. The van der Waals surface area contributed by atoms with E-state index < -0.39 is 0 Å². The molecule has 0 aliphatic carbocycles. The van der Waals surface area contributed by atoms with E-state index >= 15 is 0 Å². The predicted molar refractivity (Wildman–Crippen MR) is 80.4 cm³/mol. The fraction of sp³-hybridized carbons (Fsp3) is 0.353. The second-order valence-electron chi connectivity index (χ2n) is 5.60. The number of nitrogens with one attached hydrogen (secondary N) is 1. The molecule has 4 rings (SSSR count). The fourth-order valence-electron chi connectivity index (χ4n) is 3.48. The first kappa shape index (κ1) is 12.7. The molecule has 1 aromatic heterocycles. The van der Waals surface area contributed by atoms with E-state index in [1.54, 1.807) is 7.11 Å². The Hall–Kier alpha value is -2.07. The number of anilines is 1. The van der Waals surface area contributed by atoms with Gasteiger partial charge < -0.3 is 14.8 Å². The van der Waals surface area contributed by atoms with Gasteiger partial charge in [0, 0.05) is 36.2 Å². The van der Waals surface area contributed by atoms with Gasteiger partial charge in [-0.2, -0.15) is 0 Å². The van der Waals surface area contributed by atoms with E-state index in [1.807, 2.05) is 18.5 Å². The van der Waals surface area contributed by atoms with Crippen molar-refractivity contribution >= 4 is 5.69 Å². The Bertz CT molecular complexity index is 644. The summed E-state index contributed by atoms with van der Waals surface area (Å²) in [5.41, 5.74) is 3.62. The summed E-state index contributed by atoms with van der Waals surface area (Å²) in [7, 11) is 1.70. The van der Waals surface area contributed by atoms with E-state index in [-0.39, 0.29) is 12.1 Å². The highest BCUT2D eigenvalue weighted by atomic mass is 16.5. The van der Waals surface area contributed by atoms with Crippen molar-refractivity contribution < 1.29 is 9.47 Å². The first-order valence-electron chi connectivity index (χ1n) is 7.33. The van der Waals surface area contributed by atoms with Crippen molar-refractivity contribution in [2.45, 2.75) is 18.6 Å². The number of benzene rings is 1. The highest BCUT2D eigenvalue weighted by molar-refractivity contribution is 5.59. The number of nitrogens with zero attached hydrogens (tertiary/aromatic N) is 1. The first-order valence-corrected chi connectivity index (χ1v) is 7.33. The van der Waals surface area contributed by atoms with Crippen LogP contribution in [0.25, 0.3) is 0 Å². The molecule has 108 valence electrons. The van der Waals surface area contributed by atoms with Crippen molar-refractivity contribution in [1.29, 1.82) is 0 Å². The number of hydrogen-bond donors (Lipinski definition) is 1. The van der Waals surface area contributed by atoms with Crippen LogP contribution < -0.4 is 10.1 Å². The second kappa shape index (κ2) is 5.04. The van der Waals surface area contributed by atoms with Gasteiger partial charge in [-0.15, -0.1) is 0 Å². The molecule has 3 unspecified atom stereocenters. The van der Waals surface area contributed by atoms with Gasteiger partial charge in [-0.3, -0.25) is 4.98 Å². The van der Waals surface area contributed by atoms with Crippen LogP contribution in [0.3, 0.4) is 0 Å². The van der Waals surface area contributed by atoms with Crippen molar-refractivity contribution in [2.75, 3.05) is 19.0 Å². The maximum Gasteiger partial charge on any atom is 0.119 e. The molecule has 0 saturated carbocycles. The number of pyridine rings is 1. The van der Waals surface area contributed by atoms with Gasteiger partial charge in [-0.1, -0.05) is 0 Å². The lowest BCUT2D eigenvalue weighted by Crippen LogP contribution is -2.29. The molecule has 1 N–H and O–H groups in total. The number of aromatic nitrogens is 1. The Morgan fingerprint density at radius 1 is 1.24 bits per heavy atom. The van der Waals surface area contributed by atoms with Crippen LogP contribution in [0.4, 0.5) is 5.69 Å². The van der Waals surface area contributed by atoms with Crippen molar-refractivity contribution in [3.8, 4) is 5.75 Å². The molecular formula is C17H18N2O2. The third-order valence-corrected chi connectivity index (χ3v) is 4.51. The van der Waals surface area contributed by atoms with Crippen molar-refractivity contribution in [3.63, 3.8) is 0 Å². The Morgan fingerprint density at radius 2 is 2.10 bits per heavy atom. The molecule has 2 aromatic rings. The number of fused-ring (bicyclic) bond motifs is 3. The lowest BCUT2D eigenvalue weighted by atomic mass is 9.81. The molecule has 4 heteroatoms. The monoisotopic (exact) mass is 282 g/mol. The van der Waals surface area contributed by atoms with Gasteiger partial charge in [-0.25, -0.2) is 0 Å². The molecule has 21 heavy (non-hydrogen) atoms. The minimum Gasteiger partial charge on any atom is -0.497 e. The maximum absolute atomic E-state index is 6.02. The van der Waals surface area contributed by atoms with E-state index in [4.69, 9.17) is 9.47 Å². The fourth-order valence-corrected chi connectivity index (χ4v) is 3.48. The largest absolute Gasteiger partial charge is 0.497 e. The third-order valence-electron chi connectivity index (χ3n) is 4.51. The van der Waals surface area contributed by atoms with Gasteiger partial charge >= 0.3 is 0 Å². The molecule has 1 fully saturated rings. The molecule has 4 nitrogen and oxygen atoms in total. The molecule has 1 saturated heterocycles. The van der Waals surface area contributed by atoms with E-state index in [0.29, 0.717) is 5.92 Å². The minimum atomic E-state index is 0.148. The van der Waals surface area contributed by atoms with Gasteiger partial charge in [0.1, 0.15) is 5.75 Å². The Labute approximate surface area is 124 Å². The Kier molecular flexibility index (Phi) is 3.04. The first-order chi connectivity index (χ1) is 10.4. The summed E-state index contributed by atoms with van der Waals surface area (Å²) < 4.78 is 11.4. The summed E-state index contributed by atoms with van der Waals surface area (Å²) in [6.07, 6.45) is 4.92. The molecule has 0 bridgehead atoms. The lowest BCUT2D eigenvalue weighted by Gasteiger charge is -2.36. The highest BCUT2D eigenvalue weighted by Crippen LogP contribution is 2.50. The average Bonchev–Trinajstić information content (AvgIpc) is 3.04. The van der Waals surface area contributed by atoms with E-state index in [2.05, 4.69) is 34.6 Å².